The second-order valence-corrected chi connectivity index (χ2v) is 8.69. The molecule has 1 aliphatic rings. The lowest BCUT2D eigenvalue weighted by atomic mass is 9.81. The molecule has 0 radical (unpaired) electrons. The molecule has 27 heavy (non-hydrogen) atoms. The molecule has 0 N–H and O–H groups in total. The zero-order chi connectivity index (χ0) is 19.4. The number of likely N-dealkylation sites (tertiary alicyclic amines) is 1. The van der Waals surface area contributed by atoms with Gasteiger partial charge in [-0.15, -0.1) is 0 Å². The highest BCUT2D eigenvalue weighted by Crippen LogP contribution is 2.34. The van der Waals surface area contributed by atoms with Crippen LogP contribution in [0.1, 0.15) is 51.2 Å². The van der Waals surface area contributed by atoms with Crippen LogP contribution in [0.4, 0.5) is 4.39 Å². The Balaban J connectivity index is 1.69. The van der Waals surface area contributed by atoms with E-state index in [1.54, 1.807) is 12.1 Å². The summed E-state index contributed by atoms with van der Waals surface area (Å²) >= 11 is 0. The maximum atomic E-state index is 13.3. The molecule has 2 aromatic rings. The van der Waals surface area contributed by atoms with Crippen molar-refractivity contribution in [1.82, 2.24) is 4.90 Å². The van der Waals surface area contributed by atoms with Crippen LogP contribution in [0, 0.1) is 11.7 Å². The highest BCUT2D eigenvalue weighted by atomic mass is 19.1. The van der Waals surface area contributed by atoms with Crippen molar-refractivity contribution >= 4 is 0 Å². The molecule has 2 aromatic carbocycles. The van der Waals surface area contributed by atoms with E-state index in [2.05, 4.69) is 56.9 Å². The molecule has 0 aliphatic carbocycles. The predicted octanol–water partition coefficient (Wildman–Crippen LogP) is 5.63. The van der Waals surface area contributed by atoms with Crippen LogP contribution in [-0.2, 0) is 5.41 Å². The fourth-order valence-electron chi connectivity index (χ4n) is 3.97. The number of rotatable bonds is 5. The van der Waals surface area contributed by atoms with Crippen LogP contribution >= 0.6 is 0 Å². The third kappa shape index (κ3) is 5.10. The summed E-state index contributed by atoms with van der Waals surface area (Å²) in [6.45, 7) is 12.7. The van der Waals surface area contributed by atoms with Gasteiger partial charge >= 0.3 is 0 Å². The average Bonchev–Trinajstić information content (AvgIpc) is 2.66. The second kappa shape index (κ2) is 8.43. The Bertz CT molecular complexity index is 718. The van der Waals surface area contributed by atoms with Crippen molar-refractivity contribution in [3.63, 3.8) is 0 Å². The summed E-state index contributed by atoms with van der Waals surface area (Å²) in [5.41, 5.74) is 2.69. The van der Waals surface area contributed by atoms with Gasteiger partial charge in [0.1, 0.15) is 11.6 Å². The van der Waals surface area contributed by atoms with Crippen molar-refractivity contribution in [2.45, 2.75) is 45.4 Å². The molecule has 0 spiro atoms. The molecule has 3 heteroatoms. The van der Waals surface area contributed by atoms with E-state index < -0.39 is 0 Å². The summed E-state index contributed by atoms with van der Waals surface area (Å²) in [6, 6.07) is 15.5. The maximum absolute atomic E-state index is 13.3. The van der Waals surface area contributed by atoms with Crippen LogP contribution in [0.15, 0.2) is 48.5 Å². The molecular weight excluding hydrogens is 337 g/mol. The van der Waals surface area contributed by atoms with Crippen LogP contribution in [0.3, 0.4) is 0 Å². The number of benzene rings is 2. The topological polar surface area (TPSA) is 12.5 Å². The van der Waals surface area contributed by atoms with Gasteiger partial charge in [-0.05, 0) is 66.2 Å². The van der Waals surface area contributed by atoms with E-state index >= 15 is 0 Å². The summed E-state index contributed by atoms with van der Waals surface area (Å²) in [7, 11) is 0. The lowest BCUT2D eigenvalue weighted by Gasteiger charge is -2.38. The summed E-state index contributed by atoms with van der Waals surface area (Å²) in [5.74, 6) is 1.58. The van der Waals surface area contributed by atoms with Gasteiger partial charge in [-0.2, -0.15) is 0 Å². The molecule has 3 rings (SSSR count). The smallest absolute Gasteiger partial charge is 0.123 e. The highest BCUT2D eigenvalue weighted by Gasteiger charge is 2.30. The molecule has 2 nitrogen and oxygen atoms in total. The van der Waals surface area contributed by atoms with Crippen LogP contribution in [0.5, 0.6) is 5.75 Å². The van der Waals surface area contributed by atoms with Gasteiger partial charge in [0.15, 0.2) is 0 Å². The van der Waals surface area contributed by atoms with E-state index in [0.717, 1.165) is 31.8 Å². The number of nitrogens with zero attached hydrogens (tertiary/aromatic N) is 1. The molecule has 0 amide bonds. The zero-order valence-electron chi connectivity index (χ0n) is 17.0. The SMILES string of the molecule is CCN1CC[C@H](c2ccc(F)cc2)[C@@H](COc2ccc(C(C)(C)C)cc2)C1. The molecule has 2 atom stereocenters. The van der Waals surface area contributed by atoms with Gasteiger partial charge in [0, 0.05) is 12.5 Å². The average molecular weight is 370 g/mol. The van der Waals surface area contributed by atoms with Gasteiger partial charge in [0.05, 0.1) is 6.61 Å². The van der Waals surface area contributed by atoms with Gasteiger partial charge in [0.25, 0.3) is 0 Å². The summed E-state index contributed by atoms with van der Waals surface area (Å²) in [6.07, 6.45) is 1.09. The number of ether oxygens (including phenoxy) is 1. The molecule has 1 aliphatic heterocycles. The van der Waals surface area contributed by atoms with Gasteiger partial charge in [-0.25, -0.2) is 4.39 Å². The predicted molar refractivity (Wildman–Crippen MR) is 110 cm³/mol. The van der Waals surface area contributed by atoms with E-state index in [9.17, 15) is 4.39 Å². The van der Waals surface area contributed by atoms with Crippen molar-refractivity contribution < 1.29 is 9.13 Å². The van der Waals surface area contributed by atoms with Gasteiger partial charge < -0.3 is 9.64 Å². The fraction of sp³-hybridized carbons (Fsp3) is 0.500. The number of hydrogen-bond acceptors (Lipinski definition) is 2. The minimum Gasteiger partial charge on any atom is -0.493 e. The molecule has 0 unspecified atom stereocenters. The molecule has 1 saturated heterocycles. The zero-order valence-corrected chi connectivity index (χ0v) is 17.0. The van der Waals surface area contributed by atoms with Crippen molar-refractivity contribution in [3.05, 3.63) is 65.5 Å². The van der Waals surface area contributed by atoms with Crippen LogP contribution in [0.25, 0.3) is 0 Å². The quantitative estimate of drug-likeness (QED) is 0.677. The third-order valence-electron chi connectivity index (χ3n) is 5.75. The largest absolute Gasteiger partial charge is 0.493 e. The minimum atomic E-state index is -0.170. The van der Waals surface area contributed by atoms with E-state index in [4.69, 9.17) is 4.74 Å². The van der Waals surface area contributed by atoms with E-state index in [0.29, 0.717) is 18.4 Å². The maximum Gasteiger partial charge on any atom is 0.123 e. The summed E-state index contributed by atoms with van der Waals surface area (Å²) in [5, 5.41) is 0. The van der Waals surface area contributed by atoms with Gasteiger partial charge in [-0.1, -0.05) is 52.0 Å². The first-order valence-electron chi connectivity index (χ1n) is 10.1. The third-order valence-corrected chi connectivity index (χ3v) is 5.75. The number of piperidine rings is 1. The van der Waals surface area contributed by atoms with Crippen molar-refractivity contribution in [1.29, 1.82) is 0 Å². The Kier molecular flexibility index (Phi) is 6.21. The normalized spacial score (nSPS) is 21.2. The Hall–Kier alpha value is -1.87. The standard InChI is InChI=1S/C24H32FNO/c1-5-26-15-14-23(18-6-10-21(25)11-7-18)19(16-26)17-27-22-12-8-20(9-13-22)24(2,3)4/h6-13,19,23H,5,14-17H2,1-4H3/t19-,23-/m1/s1. The minimum absolute atomic E-state index is 0.150. The van der Waals surface area contributed by atoms with Crippen LogP contribution < -0.4 is 4.74 Å². The molecule has 146 valence electrons. The molecule has 1 heterocycles. The fourth-order valence-corrected chi connectivity index (χ4v) is 3.97. The van der Waals surface area contributed by atoms with Crippen molar-refractivity contribution in [3.8, 4) is 5.75 Å². The first kappa shape index (κ1) is 19.9. The monoisotopic (exact) mass is 369 g/mol. The van der Waals surface area contributed by atoms with E-state index in [1.165, 1.54) is 11.1 Å². The van der Waals surface area contributed by atoms with Gasteiger partial charge in [-0.3, -0.25) is 0 Å². The van der Waals surface area contributed by atoms with Gasteiger partial charge in [0.2, 0.25) is 0 Å². The second-order valence-electron chi connectivity index (χ2n) is 8.69. The lowest BCUT2D eigenvalue weighted by molar-refractivity contribution is 0.115. The van der Waals surface area contributed by atoms with E-state index in [-0.39, 0.29) is 11.2 Å². The van der Waals surface area contributed by atoms with E-state index in [1.807, 2.05) is 12.1 Å². The highest BCUT2D eigenvalue weighted by molar-refractivity contribution is 5.31. The summed E-state index contributed by atoms with van der Waals surface area (Å²) < 4.78 is 19.5. The first-order chi connectivity index (χ1) is 12.9. The Morgan fingerprint density at radius 1 is 1.04 bits per heavy atom. The molecule has 0 saturated carbocycles. The number of halogens is 1. The molecule has 0 aromatic heterocycles. The molecule has 1 fully saturated rings. The first-order valence-corrected chi connectivity index (χ1v) is 10.1. The summed E-state index contributed by atoms with van der Waals surface area (Å²) in [4.78, 5) is 2.48. The molecular formula is C24H32FNO. The number of hydrogen-bond donors (Lipinski definition) is 0. The Labute approximate surface area is 163 Å². The van der Waals surface area contributed by atoms with Crippen LogP contribution in [0.2, 0.25) is 0 Å². The van der Waals surface area contributed by atoms with Crippen molar-refractivity contribution in [2.75, 3.05) is 26.2 Å². The van der Waals surface area contributed by atoms with Crippen molar-refractivity contribution in [2.24, 2.45) is 5.92 Å². The van der Waals surface area contributed by atoms with Crippen LogP contribution in [-0.4, -0.2) is 31.1 Å². The molecule has 0 bridgehead atoms. The Morgan fingerprint density at radius 2 is 1.70 bits per heavy atom. The lowest BCUT2D eigenvalue weighted by Crippen LogP contribution is -2.41. The Morgan fingerprint density at radius 3 is 2.30 bits per heavy atom.